The first kappa shape index (κ1) is 17.7. The largest absolute Gasteiger partial charge is 0.484 e. The Bertz CT molecular complexity index is 898. The molecule has 1 heterocycles. The highest BCUT2D eigenvalue weighted by Gasteiger charge is 2.09. The maximum absolute atomic E-state index is 12.0. The Balaban J connectivity index is 1.50. The van der Waals surface area contributed by atoms with Gasteiger partial charge in [0, 0.05) is 11.6 Å². The number of carbonyl (C=O) groups excluding carboxylic acids is 1. The number of benzene rings is 2. The van der Waals surface area contributed by atoms with Crippen molar-refractivity contribution in [3.63, 3.8) is 0 Å². The highest BCUT2D eigenvalue weighted by atomic mass is 16.5. The fourth-order valence-corrected chi connectivity index (χ4v) is 2.45. The zero-order chi connectivity index (χ0) is 18.5. The molecule has 0 unspecified atom stereocenters. The van der Waals surface area contributed by atoms with Crippen molar-refractivity contribution in [2.24, 2.45) is 0 Å². The van der Waals surface area contributed by atoms with Gasteiger partial charge in [-0.25, -0.2) is 0 Å². The molecule has 3 rings (SSSR count). The van der Waals surface area contributed by atoms with Crippen LogP contribution in [0.1, 0.15) is 22.5 Å². The molecule has 0 aliphatic heterocycles. The molecule has 1 N–H and O–H groups in total. The first-order valence-corrected chi connectivity index (χ1v) is 8.50. The van der Waals surface area contributed by atoms with Gasteiger partial charge in [-0.3, -0.25) is 4.79 Å². The van der Waals surface area contributed by atoms with Crippen molar-refractivity contribution >= 4 is 5.91 Å². The summed E-state index contributed by atoms with van der Waals surface area (Å²) >= 11 is 0. The van der Waals surface area contributed by atoms with E-state index in [1.54, 1.807) is 0 Å². The number of aromatic nitrogens is 1. The van der Waals surface area contributed by atoms with Crippen molar-refractivity contribution in [2.75, 3.05) is 6.61 Å². The Morgan fingerprint density at radius 1 is 1.04 bits per heavy atom. The molecule has 3 aromatic rings. The Labute approximate surface area is 153 Å². The Morgan fingerprint density at radius 3 is 2.54 bits per heavy atom. The summed E-state index contributed by atoms with van der Waals surface area (Å²) < 4.78 is 10.8. The van der Waals surface area contributed by atoms with E-state index in [-0.39, 0.29) is 19.1 Å². The third-order valence-electron chi connectivity index (χ3n) is 4.21. The van der Waals surface area contributed by atoms with E-state index in [0.29, 0.717) is 11.5 Å². The van der Waals surface area contributed by atoms with Crippen LogP contribution in [0.25, 0.3) is 11.3 Å². The van der Waals surface area contributed by atoms with Gasteiger partial charge in [0.15, 0.2) is 12.4 Å². The summed E-state index contributed by atoms with van der Waals surface area (Å²) in [5.74, 6) is 1.07. The SMILES string of the molecule is Cc1ccc(-c2cc(CNC(=O)COc3ccc(C)c(C)c3)on2)cc1. The van der Waals surface area contributed by atoms with E-state index in [1.165, 1.54) is 11.1 Å². The standard InChI is InChI=1S/C21H22N2O3/c1-14-4-7-17(8-5-14)20-11-19(26-23-20)12-22-21(24)13-25-18-9-6-15(2)16(3)10-18/h4-11H,12-13H2,1-3H3,(H,22,24). The maximum atomic E-state index is 12.0. The van der Waals surface area contributed by atoms with Crippen LogP contribution < -0.4 is 10.1 Å². The number of amides is 1. The van der Waals surface area contributed by atoms with Crippen LogP contribution in [-0.2, 0) is 11.3 Å². The van der Waals surface area contributed by atoms with Gasteiger partial charge in [-0.05, 0) is 44.0 Å². The number of hydrogen-bond acceptors (Lipinski definition) is 4. The number of aryl methyl sites for hydroxylation is 3. The van der Waals surface area contributed by atoms with Gasteiger partial charge in [0.2, 0.25) is 0 Å². The smallest absolute Gasteiger partial charge is 0.258 e. The molecule has 0 fully saturated rings. The number of nitrogens with zero attached hydrogens (tertiary/aromatic N) is 1. The van der Waals surface area contributed by atoms with Gasteiger partial charge in [0.1, 0.15) is 11.4 Å². The fraction of sp³-hybridized carbons (Fsp3) is 0.238. The minimum atomic E-state index is -0.212. The molecule has 1 amide bonds. The minimum absolute atomic E-state index is 0.0402. The van der Waals surface area contributed by atoms with Gasteiger partial charge in [-0.15, -0.1) is 0 Å². The summed E-state index contributed by atoms with van der Waals surface area (Å²) in [5, 5.41) is 6.82. The van der Waals surface area contributed by atoms with Crippen LogP contribution in [0.15, 0.2) is 53.1 Å². The van der Waals surface area contributed by atoms with Crippen molar-refractivity contribution < 1.29 is 14.1 Å². The van der Waals surface area contributed by atoms with Crippen LogP contribution in [0, 0.1) is 20.8 Å². The summed E-state index contributed by atoms with van der Waals surface area (Å²) in [7, 11) is 0. The molecule has 0 aliphatic rings. The lowest BCUT2D eigenvalue weighted by Crippen LogP contribution is -2.28. The zero-order valence-electron chi connectivity index (χ0n) is 15.2. The molecule has 5 heteroatoms. The molecule has 0 saturated heterocycles. The topological polar surface area (TPSA) is 64.4 Å². The summed E-state index contributed by atoms with van der Waals surface area (Å²) in [4.78, 5) is 12.0. The Kier molecular flexibility index (Phi) is 5.37. The molecule has 0 aliphatic carbocycles. The third kappa shape index (κ3) is 4.51. The summed E-state index contributed by atoms with van der Waals surface area (Å²) in [6.45, 7) is 6.31. The van der Waals surface area contributed by atoms with Crippen LogP contribution in [0.2, 0.25) is 0 Å². The highest BCUT2D eigenvalue weighted by molar-refractivity contribution is 5.77. The first-order chi connectivity index (χ1) is 12.5. The Hall–Kier alpha value is -3.08. The van der Waals surface area contributed by atoms with E-state index in [9.17, 15) is 4.79 Å². The van der Waals surface area contributed by atoms with Crippen molar-refractivity contribution in [1.29, 1.82) is 0 Å². The van der Waals surface area contributed by atoms with E-state index in [0.717, 1.165) is 16.8 Å². The van der Waals surface area contributed by atoms with Crippen molar-refractivity contribution in [3.8, 4) is 17.0 Å². The van der Waals surface area contributed by atoms with Crippen molar-refractivity contribution in [3.05, 3.63) is 71.0 Å². The molecule has 0 atom stereocenters. The predicted octanol–water partition coefficient (Wildman–Crippen LogP) is 3.96. The quantitative estimate of drug-likeness (QED) is 0.731. The van der Waals surface area contributed by atoms with Crippen LogP contribution >= 0.6 is 0 Å². The Morgan fingerprint density at radius 2 is 1.81 bits per heavy atom. The normalized spacial score (nSPS) is 10.6. The van der Waals surface area contributed by atoms with Crippen LogP contribution in [-0.4, -0.2) is 17.7 Å². The van der Waals surface area contributed by atoms with Gasteiger partial charge >= 0.3 is 0 Å². The number of nitrogens with one attached hydrogen (secondary N) is 1. The van der Waals surface area contributed by atoms with Gasteiger partial charge in [-0.1, -0.05) is 41.1 Å². The molecular weight excluding hydrogens is 328 g/mol. The minimum Gasteiger partial charge on any atom is -0.484 e. The molecule has 0 radical (unpaired) electrons. The van der Waals surface area contributed by atoms with Crippen LogP contribution in [0.4, 0.5) is 0 Å². The molecule has 0 bridgehead atoms. The number of rotatable bonds is 6. The summed E-state index contributed by atoms with van der Waals surface area (Å²) in [5.41, 5.74) is 5.24. The summed E-state index contributed by atoms with van der Waals surface area (Å²) in [6, 6.07) is 15.6. The number of ether oxygens (including phenoxy) is 1. The van der Waals surface area contributed by atoms with E-state index in [4.69, 9.17) is 9.26 Å². The second kappa shape index (κ2) is 7.87. The lowest BCUT2D eigenvalue weighted by molar-refractivity contribution is -0.123. The molecule has 5 nitrogen and oxygen atoms in total. The average Bonchev–Trinajstić information content (AvgIpc) is 3.10. The number of hydrogen-bond donors (Lipinski definition) is 1. The van der Waals surface area contributed by atoms with E-state index >= 15 is 0 Å². The fourth-order valence-electron chi connectivity index (χ4n) is 2.45. The van der Waals surface area contributed by atoms with E-state index in [2.05, 4.69) is 10.5 Å². The monoisotopic (exact) mass is 350 g/mol. The highest BCUT2D eigenvalue weighted by Crippen LogP contribution is 2.19. The van der Waals surface area contributed by atoms with E-state index < -0.39 is 0 Å². The van der Waals surface area contributed by atoms with Crippen molar-refractivity contribution in [2.45, 2.75) is 27.3 Å². The second-order valence-corrected chi connectivity index (χ2v) is 6.36. The van der Waals surface area contributed by atoms with Gasteiger partial charge < -0.3 is 14.6 Å². The third-order valence-corrected chi connectivity index (χ3v) is 4.21. The average molecular weight is 350 g/mol. The molecule has 2 aromatic carbocycles. The summed E-state index contributed by atoms with van der Waals surface area (Å²) in [6.07, 6.45) is 0. The molecule has 0 saturated carbocycles. The van der Waals surface area contributed by atoms with Crippen LogP contribution in [0.5, 0.6) is 5.75 Å². The van der Waals surface area contributed by atoms with Crippen molar-refractivity contribution in [1.82, 2.24) is 10.5 Å². The lowest BCUT2D eigenvalue weighted by atomic mass is 10.1. The second-order valence-electron chi connectivity index (χ2n) is 6.36. The van der Waals surface area contributed by atoms with Crippen LogP contribution in [0.3, 0.4) is 0 Å². The number of carbonyl (C=O) groups is 1. The zero-order valence-corrected chi connectivity index (χ0v) is 15.2. The predicted molar refractivity (Wildman–Crippen MR) is 99.9 cm³/mol. The molecule has 1 aromatic heterocycles. The molecule has 26 heavy (non-hydrogen) atoms. The lowest BCUT2D eigenvalue weighted by Gasteiger charge is -2.08. The molecular formula is C21H22N2O3. The molecule has 134 valence electrons. The maximum Gasteiger partial charge on any atom is 0.258 e. The van der Waals surface area contributed by atoms with Gasteiger partial charge in [0.25, 0.3) is 5.91 Å². The van der Waals surface area contributed by atoms with Gasteiger partial charge in [0.05, 0.1) is 6.54 Å². The first-order valence-electron chi connectivity index (χ1n) is 8.50. The van der Waals surface area contributed by atoms with Gasteiger partial charge in [-0.2, -0.15) is 0 Å². The molecule has 0 spiro atoms. The van der Waals surface area contributed by atoms with E-state index in [1.807, 2.05) is 69.3 Å².